The molecule has 2 unspecified atom stereocenters. The van der Waals surface area contributed by atoms with Crippen LogP contribution in [0.4, 0.5) is 0 Å². The summed E-state index contributed by atoms with van der Waals surface area (Å²) >= 11 is 0. The number of hydrogen-bond acceptors (Lipinski definition) is 5. The quantitative estimate of drug-likeness (QED) is 0.862. The summed E-state index contributed by atoms with van der Waals surface area (Å²) < 4.78 is 10.5. The molecule has 0 spiro atoms. The number of hydrogen-bond donors (Lipinski definition) is 1. The van der Waals surface area contributed by atoms with E-state index >= 15 is 0 Å². The molecule has 1 N–H and O–H groups in total. The van der Waals surface area contributed by atoms with Crippen LogP contribution in [0.15, 0.2) is 18.2 Å². The number of carbonyl (C=O) groups is 1. The topological polar surface area (TPSA) is 62.2 Å². The molecule has 0 bridgehead atoms. The highest BCUT2D eigenvalue weighted by molar-refractivity contribution is 5.76. The van der Waals surface area contributed by atoms with Crippen molar-refractivity contribution in [2.75, 3.05) is 40.9 Å². The molecule has 128 valence electrons. The van der Waals surface area contributed by atoms with Crippen LogP contribution in [0, 0.1) is 0 Å². The molecule has 0 aliphatic carbocycles. The van der Waals surface area contributed by atoms with Gasteiger partial charge < -0.3 is 19.5 Å². The van der Waals surface area contributed by atoms with E-state index in [1.807, 2.05) is 4.90 Å². The summed E-state index contributed by atoms with van der Waals surface area (Å²) in [7, 11) is 5.22. The summed E-state index contributed by atoms with van der Waals surface area (Å²) in [5.41, 5.74) is 0.717. The number of rotatable bonds is 6. The van der Waals surface area contributed by atoms with Gasteiger partial charge in [0.15, 0.2) is 11.5 Å². The van der Waals surface area contributed by atoms with Crippen LogP contribution >= 0.6 is 0 Å². The molecule has 6 heteroatoms. The van der Waals surface area contributed by atoms with E-state index in [4.69, 9.17) is 9.47 Å². The molecule has 2 rings (SSSR count). The third-order valence-corrected chi connectivity index (χ3v) is 4.60. The highest BCUT2D eigenvalue weighted by atomic mass is 16.5. The van der Waals surface area contributed by atoms with Crippen LogP contribution in [-0.2, 0) is 4.79 Å². The van der Waals surface area contributed by atoms with Gasteiger partial charge in [0.2, 0.25) is 0 Å². The van der Waals surface area contributed by atoms with E-state index in [1.165, 1.54) is 0 Å². The zero-order valence-corrected chi connectivity index (χ0v) is 14.3. The second kappa shape index (κ2) is 7.66. The van der Waals surface area contributed by atoms with Crippen molar-refractivity contribution in [2.45, 2.75) is 25.4 Å². The second-order valence-corrected chi connectivity index (χ2v) is 5.89. The number of carboxylic acids is 1. The zero-order chi connectivity index (χ0) is 17.0. The summed E-state index contributed by atoms with van der Waals surface area (Å²) in [6.45, 7) is 4.49. The maximum absolute atomic E-state index is 11.9. The van der Waals surface area contributed by atoms with Gasteiger partial charge in [-0.25, -0.2) is 0 Å². The number of piperazine rings is 1. The molecule has 6 nitrogen and oxygen atoms in total. The number of ether oxygens (including phenoxy) is 2. The Labute approximate surface area is 137 Å². The Balaban J connectivity index is 2.30. The van der Waals surface area contributed by atoms with Crippen LogP contribution in [0.5, 0.6) is 11.5 Å². The van der Waals surface area contributed by atoms with Crippen molar-refractivity contribution in [3.63, 3.8) is 0 Å². The summed E-state index contributed by atoms with van der Waals surface area (Å²) in [5.74, 6) is 0.319. The van der Waals surface area contributed by atoms with Crippen molar-refractivity contribution in [1.29, 1.82) is 0 Å². The van der Waals surface area contributed by atoms with E-state index in [2.05, 4.69) is 18.9 Å². The van der Waals surface area contributed by atoms with Gasteiger partial charge in [-0.05, 0) is 31.2 Å². The maximum atomic E-state index is 11.9. The molecular weight excluding hydrogens is 296 g/mol. The number of nitrogens with zero attached hydrogens (tertiary/aromatic N) is 2. The van der Waals surface area contributed by atoms with Gasteiger partial charge in [-0.3, -0.25) is 9.69 Å². The maximum Gasteiger partial charge on any atom is 0.325 e. The normalized spacial score (nSPS) is 21.0. The third kappa shape index (κ3) is 3.76. The fourth-order valence-corrected chi connectivity index (χ4v) is 3.18. The molecular formula is C17H26N2O4. The first-order chi connectivity index (χ1) is 11.0. The number of carboxylic acid groups (broad SMARTS) is 1. The average Bonchev–Trinajstić information content (AvgIpc) is 2.56. The van der Waals surface area contributed by atoms with Crippen LogP contribution in [0.1, 0.15) is 24.9 Å². The van der Waals surface area contributed by atoms with E-state index in [1.54, 1.807) is 32.4 Å². The van der Waals surface area contributed by atoms with Crippen molar-refractivity contribution in [1.82, 2.24) is 9.80 Å². The first kappa shape index (κ1) is 17.6. The largest absolute Gasteiger partial charge is 0.493 e. The second-order valence-electron chi connectivity index (χ2n) is 5.89. The molecule has 1 aliphatic rings. The predicted molar refractivity (Wildman–Crippen MR) is 88.2 cm³/mol. The van der Waals surface area contributed by atoms with E-state index < -0.39 is 12.0 Å². The van der Waals surface area contributed by atoms with Crippen molar-refractivity contribution < 1.29 is 19.4 Å². The van der Waals surface area contributed by atoms with Gasteiger partial charge in [-0.2, -0.15) is 0 Å². The molecule has 0 aromatic heterocycles. The number of aliphatic carboxylic acids is 1. The minimum absolute atomic E-state index is 0.380. The SMILES string of the molecule is CCC1CN(C(C(=O)O)c2ccc(OC)c(OC)c2)CCN1C. The molecule has 2 atom stereocenters. The minimum Gasteiger partial charge on any atom is -0.493 e. The summed E-state index contributed by atoms with van der Waals surface area (Å²) in [4.78, 5) is 16.2. The predicted octanol–water partition coefficient (Wildman–Crippen LogP) is 1.86. The monoisotopic (exact) mass is 322 g/mol. The van der Waals surface area contributed by atoms with Crippen LogP contribution in [0.3, 0.4) is 0 Å². The highest BCUT2D eigenvalue weighted by Gasteiger charge is 2.33. The number of likely N-dealkylation sites (N-methyl/N-ethyl adjacent to an activating group) is 1. The Morgan fingerprint density at radius 2 is 2.00 bits per heavy atom. The van der Waals surface area contributed by atoms with E-state index in [9.17, 15) is 9.90 Å². The average molecular weight is 322 g/mol. The molecule has 1 aromatic carbocycles. The van der Waals surface area contributed by atoms with E-state index in [0.717, 1.165) is 31.6 Å². The lowest BCUT2D eigenvalue weighted by Crippen LogP contribution is -2.53. The molecule has 1 heterocycles. The molecule has 23 heavy (non-hydrogen) atoms. The molecule has 1 aromatic rings. The standard InChI is InChI=1S/C17H26N2O4/c1-5-13-11-19(9-8-18(13)2)16(17(20)21)12-6-7-14(22-3)15(10-12)23-4/h6-7,10,13,16H,5,8-9,11H2,1-4H3,(H,20,21). The first-order valence-electron chi connectivity index (χ1n) is 7.90. The number of methoxy groups -OCH3 is 2. The lowest BCUT2D eigenvalue weighted by atomic mass is 10.0. The summed E-state index contributed by atoms with van der Waals surface area (Å²) in [6.07, 6.45) is 1.01. The lowest BCUT2D eigenvalue weighted by Gasteiger charge is -2.41. The Kier molecular flexibility index (Phi) is 5.85. The van der Waals surface area contributed by atoms with Crippen LogP contribution in [0.25, 0.3) is 0 Å². The van der Waals surface area contributed by atoms with Gasteiger partial charge in [-0.1, -0.05) is 13.0 Å². The first-order valence-corrected chi connectivity index (χ1v) is 7.90. The molecule has 1 fully saturated rings. The van der Waals surface area contributed by atoms with Crippen LogP contribution < -0.4 is 9.47 Å². The van der Waals surface area contributed by atoms with Gasteiger partial charge in [0, 0.05) is 25.7 Å². The fourth-order valence-electron chi connectivity index (χ4n) is 3.18. The van der Waals surface area contributed by atoms with Gasteiger partial charge in [0.1, 0.15) is 6.04 Å². The van der Waals surface area contributed by atoms with Crippen molar-refractivity contribution in [2.24, 2.45) is 0 Å². The Bertz CT molecular complexity index is 549. The van der Waals surface area contributed by atoms with E-state index in [0.29, 0.717) is 17.5 Å². The summed E-state index contributed by atoms with van der Waals surface area (Å²) in [5, 5.41) is 9.77. The highest BCUT2D eigenvalue weighted by Crippen LogP contribution is 2.33. The smallest absolute Gasteiger partial charge is 0.325 e. The Morgan fingerprint density at radius 3 is 2.57 bits per heavy atom. The molecule has 1 aliphatic heterocycles. The molecule has 0 radical (unpaired) electrons. The van der Waals surface area contributed by atoms with Crippen molar-refractivity contribution in [3.05, 3.63) is 23.8 Å². The molecule has 0 amide bonds. The molecule has 0 saturated carbocycles. The number of benzene rings is 1. The van der Waals surface area contributed by atoms with Crippen LogP contribution in [0.2, 0.25) is 0 Å². The summed E-state index contributed by atoms with van der Waals surface area (Å²) in [6, 6.07) is 5.04. The minimum atomic E-state index is -0.836. The fraction of sp³-hybridized carbons (Fsp3) is 0.588. The Morgan fingerprint density at radius 1 is 1.30 bits per heavy atom. The van der Waals surface area contributed by atoms with Crippen LogP contribution in [-0.4, -0.2) is 67.8 Å². The van der Waals surface area contributed by atoms with E-state index in [-0.39, 0.29) is 0 Å². The van der Waals surface area contributed by atoms with Gasteiger partial charge >= 0.3 is 5.97 Å². The Hall–Kier alpha value is -1.79. The zero-order valence-electron chi connectivity index (χ0n) is 14.3. The van der Waals surface area contributed by atoms with Gasteiger partial charge in [0.25, 0.3) is 0 Å². The third-order valence-electron chi connectivity index (χ3n) is 4.60. The van der Waals surface area contributed by atoms with Gasteiger partial charge in [-0.15, -0.1) is 0 Å². The van der Waals surface area contributed by atoms with Crippen molar-refractivity contribution in [3.8, 4) is 11.5 Å². The van der Waals surface area contributed by atoms with Gasteiger partial charge in [0.05, 0.1) is 14.2 Å². The lowest BCUT2D eigenvalue weighted by molar-refractivity contribution is -0.144. The van der Waals surface area contributed by atoms with Crippen molar-refractivity contribution >= 4 is 5.97 Å². The molecule has 1 saturated heterocycles.